The molecule has 0 heterocycles. The van der Waals surface area contributed by atoms with Crippen molar-refractivity contribution in [3.63, 3.8) is 0 Å². The van der Waals surface area contributed by atoms with Crippen LogP contribution in [-0.4, -0.2) is 5.78 Å². The van der Waals surface area contributed by atoms with Crippen molar-refractivity contribution in [2.75, 3.05) is 0 Å². The molecule has 0 saturated heterocycles. The summed E-state index contributed by atoms with van der Waals surface area (Å²) in [4.78, 5) is 11.9. The number of ketones is 1. The van der Waals surface area contributed by atoms with Gasteiger partial charge in [0.05, 0.1) is 0 Å². The van der Waals surface area contributed by atoms with Crippen molar-refractivity contribution in [2.45, 2.75) is 32.1 Å². The smallest absolute Gasteiger partial charge is 0.158 e. The minimum Gasteiger partial charge on any atom is -0.295 e. The highest BCUT2D eigenvalue weighted by atomic mass is 16.1. The molecule has 1 aromatic carbocycles. The van der Waals surface area contributed by atoms with Gasteiger partial charge in [0, 0.05) is 5.92 Å². The standard InChI is InChI=1S/C15H18O/c16-15(14-9-5-2-6-10-14)12-11-13-7-3-1-4-8-13/h1,3-4,7-8,11-12,14H,2,5-6,9-10H2/b12-11-. The summed E-state index contributed by atoms with van der Waals surface area (Å²) in [7, 11) is 0. The van der Waals surface area contributed by atoms with Gasteiger partial charge in [0.15, 0.2) is 5.78 Å². The molecule has 1 nitrogen and oxygen atoms in total. The predicted molar refractivity (Wildman–Crippen MR) is 67.1 cm³/mol. The third kappa shape index (κ3) is 3.06. The van der Waals surface area contributed by atoms with Crippen LogP contribution in [0.25, 0.3) is 6.08 Å². The third-order valence-electron chi connectivity index (χ3n) is 3.25. The highest BCUT2D eigenvalue weighted by molar-refractivity contribution is 5.95. The largest absolute Gasteiger partial charge is 0.295 e. The average Bonchev–Trinajstić information content (AvgIpc) is 2.38. The molecule has 16 heavy (non-hydrogen) atoms. The number of carbonyl (C=O) groups excluding carboxylic acids is 1. The van der Waals surface area contributed by atoms with Crippen LogP contribution in [0.15, 0.2) is 36.4 Å². The van der Waals surface area contributed by atoms with Crippen LogP contribution in [0.4, 0.5) is 0 Å². The lowest BCUT2D eigenvalue weighted by molar-refractivity contribution is -0.119. The third-order valence-corrected chi connectivity index (χ3v) is 3.25. The van der Waals surface area contributed by atoms with E-state index in [4.69, 9.17) is 0 Å². The maximum absolute atomic E-state index is 11.9. The molecule has 0 N–H and O–H groups in total. The van der Waals surface area contributed by atoms with Gasteiger partial charge < -0.3 is 0 Å². The van der Waals surface area contributed by atoms with E-state index in [2.05, 4.69) is 0 Å². The van der Waals surface area contributed by atoms with E-state index in [1.165, 1.54) is 19.3 Å². The van der Waals surface area contributed by atoms with Gasteiger partial charge >= 0.3 is 0 Å². The van der Waals surface area contributed by atoms with Crippen LogP contribution in [0.3, 0.4) is 0 Å². The fourth-order valence-corrected chi connectivity index (χ4v) is 2.27. The molecule has 0 spiro atoms. The zero-order valence-corrected chi connectivity index (χ0v) is 9.56. The topological polar surface area (TPSA) is 17.1 Å². The zero-order chi connectivity index (χ0) is 11.2. The first kappa shape index (κ1) is 11.1. The Morgan fingerprint density at radius 2 is 1.75 bits per heavy atom. The normalized spacial score (nSPS) is 17.8. The van der Waals surface area contributed by atoms with Crippen molar-refractivity contribution in [1.29, 1.82) is 0 Å². The maximum atomic E-state index is 11.9. The van der Waals surface area contributed by atoms with Crippen LogP contribution in [-0.2, 0) is 4.79 Å². The van der Waals surface area contributed by atoms with Crippen LogP contribution in [0.2, 0.25) is 0 Å². The Bertz CT molecular complexity index is 358. The van der Waals surface area contributed by atoms with Crippen LogP contribution in [0.5, 0.6) is 0 Å². The van der Waals surface area contributed by atoms with Gasteiger partial charge in [-0.15, -0.1) is 0 Å². The Kier molecular flexibility index (Phi) is 3.92. The van der Waals surface area contributed by atoms with Crippen molar-refractivity contribution in [2.24, 2.45) is 5.92 Å². The summed E-state index contributed by atoms with van der Waals surface area (Å²) in [5, 5.41) is 0. The van der Waals surface area contributed by atoms with Crippen molar-refractivity contribution >= 4 is 11.9 Å². The van der Waals surface area contributed by atoms with E-state index < -0.39 is 0 Å². The number of rotatable bonds is 3. The summed E-state index contributed by atoms with van der Waals surface area (Å²) < 4.78 is 0. The first-order valence-electron chi connectivity index (χ1n) is 6.13. The quantitative estimate of drug-likeness (QED) is 0.698. The lowest BCUT2D eigenvalue weighted by atomic mass is 9.86. The minimum absolute atomic E-state index is 0.286. The number of allylic oxidation sites excluding steroid dienone is 1. The Morgan fingerprint density at radius 1 is 1.06 bits per heavy atom. The lowest BCUT2D eigenvalue weighted by Crippen LogP contribution is -2.15. The number of carbonyl (C=O) groups is 1. The molecule has 0 bridgehead atoms. The van der Waals surface area contributed by atoms with E-state index >= 15 is 0 Å². The number of benzene rings is 1. The minimum atomic E-state index is 0.286. The van der Waals surface area contributed by atoms with E-state index in [1.54, 1.807) is 6.08 Å². The molecule has 0 aliphatic heterocycles. The second kappa shape index (κ2) is 5.64. The van der Waals surface area contributed by atoms with E-state index in [0.29, 0.717) is 5.78 Å². The molecule has 1 aliphatic carbocycles. The summed E-state index contributed by atoms with van der Waals surface area (Å²) in [6.45, 7) is 0. The molecule has 0 unspecified atom stereocenters. The molecule has 0 radical (unpaired) electrons. The lowest BCUT2D eigenvalue weighted by Gasteiger charge is -2.18. The fraction of sp³-hybridized carbons (Fsp3) is 0.400. The summed E-state index contributed by atoms with van der Waals surface area (Å²) in [5.41, 5.74) is 1.10. The Hall–Kier alpha value is -1.37. The average molecular weight is 214 g/mol. The predicted octanol–water partition coefficient (Wildman–Crippen LogP) is 3.85. The SMILES string of the molecule is O=C(/C=C\c1ccccc1)C1CCCCC1. The second-order valence-corrected chi connectivity index (χ2v) is 4.48. The molecule has 1 saturated carbocycles. The molecule has 1 aliphatic rings. The highest BCUT2D eigenvalue weighted by Gasteiger charge is 2.18. The summed E-state index contributed by atoms with van der Waals surface area (Å²) in [6.07, 6.45) is 9.58. The van der Waals surface area contributed by atoms with E-state index in [0.717, 1.165) is 18.4 Å². The van der Waals surface area contributed by atoms with Crippen molar-refractivity contribution in [3.8, 4) is 0 Å². The summed E-state index contributed by atoms with van der Waals surface area (Å²) in [6, 6.07) is 10.0. The molecule has 1 heteroatoms. The van der Waals surface area contributed by atoms with Gasteiger partial charge in [-0.25, -0.2) is 0 Å². The molecular formula is C15H18O. The molecule has 0 atom stereocenters. The number of hydrogen-bond donors (Lipinski definition) is 0. The molecular weight excluding hydrogens is 196 g/mol. The van der Waals surface area contributed by atoms with Crippen molar-refractivity contribution in [3.05, 3.63) is 42.0 Å². The second-order valence-electron chi connectivity index (χ2n) is 4.48. The molecule has 84 valence electrons. The molecule has 2 rings (SSSR count). The summed E-state index contributed by atoms with van der Waals surface area (Å²) >= 11 is 0. The number of hydrogen-bond acceptors (Lipinski definition) is 1. The van der Waals surface area contributed by atoms with Crippen LogP contribution < -0.4 is 0 Å². The van der Waals surface area contributed by atoms with Gasteiger partial charge in [-0.2, -0.15) is 0 Å². The Labute approximate surface area is 97.2 Å². The van der Waals surface area contributed by atoms with E-state index in [-0.39, 0.29) is 5.92 Å². The molecule has 1 aromatic rings. The van der Waals surface area contributed by atoms with Crippen LogP contribution in [0, 0.1) is 5.92 Å². The zero-order valence-electron chi connectivity index (χ0n) is 9.56. The maximum Gasteiger partial charge on any atom is 0.158 e. The van der Waals surface area contributed by atoms with Gasteiger partial charge in [-0.1, -0.05) is 55.7 Å². The molecule has 1 fully saturated rings. The summed E-state index contributed by atoms with van der Waals surface area (Å²) in [5.74, 6) is 0.595. The van der Waals surface area contributed by atoms with Gasteiger partial charge in [-0.3, -0.25) is 4.79 Å². The van der Waals surface area contributed by atoms with Gasteiger partial charge in [0.25, 0.3) is 0 Å². The van der Waals surface area contributed by atoms with Gasteiger partial charge in [-0.05, 0) is 24.5 Å². The van der Waals surface area contributed by atoms with Crippen molar-refractivity contribution < 1.29 is 4.79 Å². The molecule has 0 aromatic heterocycles. The molecule has 0 amide bonds. The van der Waals surface area contributed by atoms with Crippen LogP contribution in [0.1, 0.15) is 37.7 Å². The first-order chi connectivity index (χ1) is 7.86. The van der Waals surface area contributed by atoms with Gasteiger partial charge in [0.2, 0.25) is 0 Å². The fourth-order valence-electron chi connectivity index (χ4n) is 2.27. The van der Waals surface area contributed by atoms with Crippen molar-refractivity contribution in [1.82, 2.24) is 0 Å². The highest BCUT2D eigenvalue weighted by Crippen LogP contribution is 2.24. The van der Waals surface area contributed by atoms with Gasteiger partial charge in [0.1, 0.15) is 0 Å². The first-order valence-corrected chi connectivity index (χ1v) is 6.13. The van der Waals surface area contributed by atoms with E-state index in [9.17, 15) is 4.79 Å². The Morgan fingerprint density at radius 3 is 2.44 bits per heavy atom. The monoisotopic (exact) mass is 214 g/mol. The Balaban J connectivity index is 1.93. The van der Waals surface area contributed by atoms with E-state index in [1.807, 2.05) is 36.4 Å². The van der Waals surface area contributed by atoms with Crippen LogP contribution >= 0.6 is 0 Å².